The Bertz CT molecular complexity index is 1730. The Morgan fingerprint density at radius 3 is 2.47 bits per heavy atom. The van der Waals surface area contributed by atoms with Crippen LogP contribution in [0.2, 0.25) is 0 Å². The van der Waals surface area contributed by atoms with Crippen LogP contribution in [0.1, 0.15) is 133 Å². The van der Waals surface area contributed by atoms with E-state index in [-0.39, 0.29) is 43.0 Å². The van der Waals surface area contributed by atoms with Crippen LogP contribution in [0, 0.1) is 17.8 Å². The van der Waals surface area contributed by atoms with Gasteiger partial charge in [0.25, 0.3) is 0 Å². The monoisotopic (exact) mass is 817 g/mol. The van der Waals surface area contributed by atoms with Crippen molar-refractivity contribution in [2.75, 3.05) is 6.61 Å². The molecule has 2 aliphatic heterocycles. The summed E-state index contributed by atoms with van der Waals surface area (Å²) in [6.07, 6.45) is 10.1. The predicted molar refractivity (Wildman–Crippen MR) is 234 cm³/mol. The molecule has 2 heterocycles. The van der Waals surface area contributed by atoms with Crippen LogP contribution in [0.3, 0.4) is 0 Å². The summed E-state index contributed by atoms with van der Waals surface area (Å²) in [7, 11) is 0. The molecular formula is C49H72N2O8. The molecule has 0 saturated carbocycles. The third kappa shape index (κ3) is 15.2. The molecular weight excluding hydrogens is 745 g/mol. The van der Waals surface area contributed by atoms with Crippen molar-refractivity contribution in [1.29, 1.82) is 0 Å². The Balaban J connectivity index is 1.87. The molecule has 9 atom stereocenters. The normalized spacial score (nSPS) is 24.4. The summed E-state index contributed by atoms with van der Waals surface area (Å²) < 4.78 is 0. The fraction of sp³-hybridized carbons (Fsp3) is 0.612. The molecule has 2 aromatic rings. The zero-order valence-corrected chi connectivity index (χ0v) is 35.9. The van der Waals surface area contributed by atoms with Crippen LogP contribution in [-0.2, 0) is 24.1 Å². The molecule has 10 heteroatoms. The van der Waals surface area contributed by atoms with E-state index in [4.69, 9.17) is 0 Å². The number of fused-ring (bicyclic) bond motifs is 1. The molecule has 0 radical (unpaired) electrons. The van der Waals surface area contributed by atoms with Gasteiger partial charge in [0, 0.05) is 49.0 Å². The Kier molecular flexibility index (Phi) is 19.6. The molecule has 10 nitrogen and oxygen atoms in total. The largest absolute Gasteiger partial charge is 0.508 e. The second kappa shape index (κ2) is 24.0. The Morgan fingerprint density at radius 2 is 1.78 bits per heavy atom. The van der Waals surface area contributed by atoms with E-state index in [1.54, 1.807) is 37.3 Å². The lowest BCUT2D eigenvalue weighted by Gasteiger charge is -2.38. The SMILES string of the molecule is CCCC[C@H](O)[C@H](O)C=CC1=C(C[C@H](O)CO)[C@H](CCC[C@@H]2N[C@H](C)CCC[C@@H]2CC(=O)O)N[C@@H]([C@@](C)(O)Cc2ccc(O)cc2)CC#Cc2c(CC)cccc2CC1. The highest BCUT2D eigenvalue weighted by atomic mass is 16.4. The highest BCUT2D eigenvalue weighted by Crippen LogP contribution is 2.32. The van der Waals surface area contributed by atoms with Gasteiger partial charge in [0.1, 0.15) is 5.75 Å². The number of rotatable bonds is 19. The van der Waals surface area contributed by atoms with Gasteiger partial charge in [-0.25, -0.2) is 0 Å². The van der Waals surface area contributed by atoms with Gasteiger partial charge in [-0.15, -0.1) is 0 Å². The topological polar surface area (TPSA) is 183 Å². The maximum absolute atomic E-state index is 12.4. The number of carboxylic acids is 1. The number of benzene rings is 2. The summed E-state index contributed by atoms with van der Waals surface area (Å²) >= 11 is 0. The van der Waals surface area contributed by atoms with Crippen LogP contribution in [0.4, 0.5) is 0 Å². The number of phenolic OH excluding ortho intramolecular Hbond substituents is 1. The van der Waals surface area contributed by atoms with Crippen LogP contribution >= 0.6 is 0 Å². The predicted octanol–water partition coefficient (Wildman–Crippen LogP) is 6.26. The van der Waals surface area contributed by atoms with Gasteiger partial charge >= 0.3 is 5.97 Å². The van der Waals surface area contributed by atoms with Gasteiger partial charge in [-0.1, -0.05) is 93.9 Å². The molecule has 4 rings (SSSR count). The van der Waals surface area contributed by atoms with Gasteiger partial charge in [0.05, 0.1) is 30.5 Å². The van der Waals surface area contributed by atoms with Gasteiger partial charge in [-0.2, -0.15) is 0 Å². The number of aliphatic hydroxyl groups excluding tert-OH is 4. The number of aromatic hydroxyl groups is 1. The zero-order chi connectivity index (χ0) is 43.0. The number of aliphatic hydroxyl groups is 5. The van der Waals surface area contributed by atoms with Crippen molar-refractivity contribution in [3.05, 3.63) is 88.0 Å². The summed E-state index contributed by atoms with van der Waals surface area (Å²) in [6, 6.07) is 12.3. The summed E-state index contributed by atoms with van der Waals surface area (Å²) in [4.78, 5) is 11.9. The lowest BCUT2D eigenvalue weighted by atomic mass is 9.82. The molecule has 1 saturated heterocycles. The number of hydrogen-bond acceptors (Lipinski definition) is 9. The van der Waals surface area contributed by atoms with E-state index in [2.05, 4.69) is 48.5 Å². The minimum Gasteiger partial charge on any atom is -0.508 e. The highest BCUT2D eigenvalue weighted by Gasteiger charge is 2.36. The summed E-state index contributed by atoms with van der Waals surface area (Å²) in [5, 5.41) is 83.2. The van der Waals surface area contributed by atoms with Crippen LogP contribution in [0.25, 0.3) is 0 Å². The Labute approximate surface area is 352 Å². The molecule has 0 unspecified atom stereocenters. The number of nitrogens with one attached hydrogen (secondary N) is 2. The molecule has 1 fully saturated rings. The van der Waals surface area contributed by atoms with E-state index in [1.165, 1.54) is 0 Å². The third-order valence-electron chi connectivity index (χ3n) is 12.4. The first kappa shape index (κ1) is 48.1. The molecule has 9 N–H and O–H groups in total. The summed E-state index contributed by atoms with van der Waals surface area (Å²) in [5.41, 5.74) is 4.37. The molecule has 326 valence electrons. The average Bonchev–Trinajstić information content (AvgIpc) is 3.37. The van der Waals surface area contributed by atoms with E-state index in [9.17, 15) is 40.5 Å². The lowest BCUT2D eigenvalue weighted by molar-refractivity contribution is -0.138. The minimum absolute atomic E-state index is 0.00537. The van der Waals surface area contributed by atoms with Crippen LogP contribution in [-0.4, -0.2) is 96.4 Å². The number of unbranched alkanes of at least 4 members (excludes halogenated alkanes) is 1. The van der Waals surface area contributed by atoms with Gasteiger partial charge in [0.2, 0.25) is 0 Å². The van der Waals surface area contributed by atoms with Crippen molar-refractivity contribution < 1.29 is 40.5 Å². The number of phenols is 1. The first-order valence-electron chi connectivity index (χ1n) is 22.1. The molecule has 2 aliphatic rings. The number of hydrogen-bond donors (Lipinski definition) is 9. The fourth-order valence-corrected chi connectivity index (χ4v) is 8.93. The number of aryl methyl sites for hydroxylation is 2. The van der Waals surface area contributed by atoms with Gasteiger partial charge in [-0.3, -0.25) is 4.79 Å². The second-order valence-corrected chi connectivity index (χ2v) is 17.3. The first-order chi connectivity index (χ1) is 28.2. The molecule has 0 bridgehead atoms. The maximum Gasteiger partial charge on any atom is 0.303 e. The first-order valence-corrected chi connectivity index (χ1v) is 22.1. The van der Waals surface area contributed by atoms with Gasteiger partial charge < -0.3 is 46.4 Å². The van der Waals surface area contributed by atoms with Crippen molar-refractivity contribution in [2.24, 2.45) is 5.92 Å². The lowest BCUT2D eigenvalue weighted by Crippen LogP contribution is -2.54. The summed E-state index contributed by atoms with van der Waals surface area (Å²) in [6.45, 7) is 7.63. The number of carboxylic acid groups (broad SMARTS) is 1. The maximum atomic E-state index is 12.4. The van der Waals surface area contributed by atoms with E-state index in [1.807, 2.05) is 19.1 Å². The number of aliphatic carboxylic acids is 1. The average molecular weight is 817 g/mol. The van der Waals surface area contributed by atoms with Crippen molar-refractivity contribution in [2.45, 2.75) is 179 Å². The zero-order valence-electron chi connectivity index (χ0n) is 35.9. The molecule has 0 aromatic heterocycles. The third-order valence-corrected chi connectivity index (χ3v) is 12.4. The quantitative estimate of drug-likeness (QED) is 0.0734. The van der Waals surface area contributed by atoms with Crippen molar-refractivity contribution >= 4 is 5.97 Å². The van der Waals surface area contributed by atoms with Crippen LogP contribution in [0.5, 0.6) is 5.75 Å². The van der Waals surface area contributed by atoms with Gasteiger partial charge in [-0.05, 0) is 118 Å². The smallest absolute Gasteiger partial charge is 0.303 e. The molecule has 2 aromatic carbocycles. The van der Waals surface area contributed by atoms with Crippen LogP contribution < -0.4 is 10.6 Å². The number of allylic oxidation sites excluding steroid dienone is 2. The molecule has 0 spiro atoms. The van der Waals surface area contributed by atoms with Crippen LogP contribution in [0.15, 0.2) is 65.8 Å². The van der Waals surface area contributed by atoms with E-state index in [0.29, 0.717) is 38.5 Å². The van der Waals surface area contributed by atoms with Crippen molar-refractivity contribution in [3.63, 3.8) is 0 Å². The highest BCUT2D eigenvalue weighted by molar-refractivity contribution is 5.67. The van der Waals surface area contributed by atoms with E-state index >= 15 is 0 Å². The summed E-state index contributed by atoms with van der Waals surface area (Å²) in [5.74, 6) is 6.26. The van der Waals surface area contributed by atoms with E-state index in [0.717, 1.165) is 78.3 Å². The molecule has 0 amide bonds. The van der Waals surface area contributed by atoms with Crippen molar-refractivity contribution in [1.82, 2.24) is 10.6 Å². The second-order valence-electron chi connectivity index (χ2n) is 17.3. The van der Waals surface area contributed by atoms with Gasteiger partial charge in [0.15, 0.2) is 0 Å². The molecule has 0 aliphatic carbocycles. The Hall–Kier alpha value is -3.53. The molecule has 59 heavy (non-hydrogen) atoms. The minimum atomic E-state index is -1.33. The standard InChI is InChI=1S/C49H72N2O8/c1-5-7-19-45(55)46(56)28-25-37-24-23-36-14-9-13-35(6-2)41(36)16-10-20-47(49(4,59)31-34-21-26-39(53)27-22-34)51-44(42(37)30-40(54)32-52)18-11-17-43-38(29-48(57)58)15-8-12-33(3)50-43/h9,13-14,21-22,25-28,33,38,40,43-47,50-56,59H,5-8,11-12,15,17-20,23-24,29-32H2,1-4H3,(H,57,58)/t33-,38-,40+,43+,44+,45+,46-,47-,49+/m1/s1. The van der Waals surface area contributed by atoms with Crippen molar-refractivity contribution in [3.8, 4) is 17.6 Å². The Morgan fingerprint density at radius 1 is 1.02 bits per heavy atom. The number of carbonyl (C=O) groups is 1. The fourth-order valence-electron chi connectivity index (χ4n) is 8.93. The van der Waals surface area contributed by atoms with E-state index < -0.39 is 48.6 Å².